The predicted octanol–water partition coefficient (Wildman–Crippen LogP) is 5.80. The summed E-state index contributed by atoms with van der Waals surface area (Å²) in [6, 6.07) is 15.6. The molecule has 6 nitrogen and oxygen atoms in total. The lowest BCUT2D eigenvalue weighted by Crippen LogP contribution is -2.36. The van der Waals surface area contributed by atoms with Crippen LogP contribution in [-0.2, 0) is 14.3 Å². The van der Waals surface area contributed by atoms with Gasteiger partial charge in [0.2, 0.25) is 0 Å². The van der Waals surface area contributed by atoms with Crippen LogP contribution in [0.3, 0.4) is 0 Å². The van der Waals surface area contributed by atoms with Gasteiger partial charge in [-0.25, -0.2) is 4.79 Å². The first-order valence-corrected chi connectivity index (χ1v) is 12.6. The maximum Gasteiger partial charge on any atom is 0.336 e. The number of methoxy groups -OCH3 is 1. The highest BCUT2D eigenvalue weighted by molar-refractivity contribution is 6.04. The van der Waals surface area contributed by atoms with E-state index in [1.54, 1.807) is 7.11 Å². The Hall–Kier alpha value is -3.54. The molecule has 0 saturated heterocycles. The van der Waals surface area contributed by atoms with Crippen LogP contribution in [0.4, 0.5) is 0 Å². The standard InChI is InChI=1S/C30H35NO5/c1-6-15-35-30(33)27-19(4)31-24-16-21(20-11-13-22(34-5)14-12-20)17-25(32)29(24)28(27)23-9-7-8-10-26(23)36-18(2)3/h7-14,18,21,28,31H,6,15-17H2,1-5H3. The lowest BCUT2D eigenvalue weighted by molar-refractivity contribution is -0.139. The lowest BCUT2D eigenvalue weighted by atomic mass is 9.71. The summed E-state index contributed by atoms with van der Waals surface area (Å²) in [4.78, 5) is 27.1. The van der Waals surface area contributed by atoms with Gasteiger partial charge in [0.25, 0.3) is 0 Å². The van der Waals surface area contributed by atoms with Crippen LogP contribution < -0.4 is 14.8 Å². The Balaban J connectivity index is 1.80. The van der Waals surface area contributed by atoms with Gasteiger partial charge in [-0.3, -0.25) is 4.79 Å². The van der Waals surface area contributed by atoms with Gasteiger partial charge in [0.15, 0.2) is 5.78 Å². The van der Waals surface area contributed by atoms with Crippen LogP contribution in [0.2, 0.25) is 0 Å². The van der Waals surface area contributed by atoms with E-state index >= 15 is 0 Å². The Kier molecular flexibility index (Phi) is 7.82. The van der Waals surface area contributed by atoms with Gasteiger partial charge in [0.05, 0.1) is 31.3 Å². The number of esters is 1. The Morgan fingerprint density at radius 1 is 1.08 bits per heavy atom. The van der Waals surface area contributed by atoms with Crippen molar-refractivity contribution in [1.82, 2.24) is 5.32 Å². The summed E-state index contributed by atoms with van der Waals surface area (Å²) in [5.41, 5.74) is 4.57. The first-order chi connectivity index (χ1) is 17.3. The van der Waals surface area contributed by atoms with Crippen LogP contribution >= 0.6 is 0 Å². The van der Waals surface area contributed by atoms with E-state index in [-0.39, 0.29) is 17.8 Å². The van der Waals surface area contributed by atoms with Gasteiger partial charge in [-0.15, -0.1) is 0 Å². The summed E-state index contributed by atoms with van der Waals surface area (Å²) >= 11 is 0. The molecule has 0 spiro atoms. The molecular formula is C30H35NO5. The molecule has 1 heterocycles. The first-order valence-electron chi connectivity index (χ1n) is 12.6. The van der Waals surface area contributed by atoms with Crippen molar-refractivity contribution >= 4 is 11.8 Å². The SMILES string of the molecule is CCCOC(=O)C1=C(C)NC2=C(C(=O)CC(c3ccc(OC)cc3)C2)C1c1ccccc1OC(C)C. The molecule has 1 N–H and O–H groups in total. The van der Waals surface area contributed by atoms with Gasteiger partial charge in [0, 0.05) is 29.0 Å². The zero-order chi connectivity index (χ0) is 25.8. The molecule has 2 aromatic carbocycles. The summed E-state index contributed by atoms with van der Waals surface area (Å²) in [5.74, 6) is 0.575. The van der Waals surface area contributed by atoms with Gasteiger partial charge < -0.3 is 19.5 Å². The Bertz CT molecular complexity index is 1190. The number of dihydropyridines is 1. The normalized spacial score (nSPS) is 19.7. The molecule has 0 bridgehead atoms. The third-order valence-electron chi connectivity index (χ3n) is 6.66. The van der Waals surface area contributed by atoms with E-state index in [1.165, 1.54) is 0 Å². The van der Waals surface area contributed by atoms with Gasteiger partial charge >= 0.3 is 5.97 Å². The topological polar surface area (TPSA) is 73.9 Å². The Morgan fingerprint density at radius 3 is 2.47 bits per heavy atom. The third kappa shape index (κ3) is 5.18. The number of para-hydroxylation sites is 1. The Morgan fingerprint density at radius 2 is 1.81 bits per heavy atom. The minimum absolute atomic E-state index is 0.0298. The molecule has 0 fully saturated rings. The van der Waals surface area contributed by atoms with Crippen molar-refractivity contribution in [2.45, 2.75) is 64.9 Å². The fourth-order valence-corrected chi connectivity index (χ4v) is 5.09. The summed E-state index contributed by atoms with van der Waals surface area (Å²) in [6.45, 7) is 8.10. The van der Waals surface area contributed by atoms with E-state index in [2.05, 4.69) is 5.32 Å². The average molecular weight is 490 g/mol. The van der Waals surface area contributed by atoms with Crippen molar-refractivity contribution < 1.29 is 23.8 Å². The van der Waals surface area contributed by atoms with Crippen LogP contribution in [0.15, 0.2) is 71.1 Å². The highest BCUT2D eigenvalue weighted by Gasteiger charge is 2.42. The van der Waals surface area contributed by atoms with Crippen LogP contribution in [0.1, 0.15) is 69.9 Å². The second kappa shape index (κ2) is 11.0. The minimum Gasteiger partial charge on any atom is -0.497 e. The second-order valence-corrected chi connectivity index (χ2v) is 9.63. The van der Waals surface area contributed by atoms with Crippen molar-refractivity contribution in [3.8, 4) is 11.5 Å². The van der Waals surface area contributed by atoms with Crippen LogP contribution in [0.25, 0.3) is 0 Å². The molecule has 6 heteroatoms. The van der Waals surface area contributed by atoms with Crippen LogP contribution in [0, 0.1) is 0 Å². The maximum atomic E-state index is 13.8. The number of carbonyl (C=O) groups is 2. The van der Waals surface area contributed by atoms with E-state index in [1.807, 2.05) is 76.2 Å². The molecule has 36 heavy (non-hydrogen) atoms. The number of carbonyl (C=O) groups excluding carboxylic acids is 2. The number of nitrogens with one attached hydrogen (secondary N) is 1. The quantitative estimate of drug-likeness (QED) is 0.473. The molecule has 190 valence electrons. The van der Waals surface area contributed by atoms with Crippen LogP contribution in [0.5, 0.6) is 11.5 Å². The van der Waals surface area contributed by atoms with E-state index < -0.39 is 11.9 Å². The summed E-state index contributed by atoms with van der Waals surface area (Å²) in [5, 5.41) is 3.41. The number of Topliss-reactive ketones (excluding diaryl/α,β-unsaturated/α-hetero) is 1. The smallest absolute Gasteiger partial charge is 0.336 e. The lowest BCUT2D eigenvalue weighted by Gasteiger charge is -2.37. The molecule has 2 unspecified atom stereocenters. The molecule has 2 aromatic rings. The second-order valence-electron chi connectivity index (χ2n) is 9.63. The fraction of sp³-hybridized carbons (Fsp3) is 0.400. The van der Waals surface area contributed by atoms with Crippen molar-refractivity contribution in [1.29, 1.82) is 0 Å². The number of hydrogen-bond donors (Lipinski definition) is 1. The van der Waals surface area contributed by atoms with E-state index in [4.69, 9.17) is 14.2 Å². The Labute approximate surface area is 213 Å². The zero-order valence-electron chi connectivity index (χ0n) is 21.7. The van der Waals surface area contributed by atoms with E-state index in [9.17, 15) is 9.59 Å². The third-order valence-corrected chi connectivity index (χ3v) is 6.66. The van der Waals surface area contributed by atoms with Crippen LogP contribution in [-0.4, -0.2) is 31.6 Å². The van der Waals surface area contributed by atoms with E-state index in [0.717, 1.165) is 29.0 Å². The number of allylic oxidation sites excluding steroid dienone is 3. The molecule has 0 amide bonds. The number of ether oxygens (including phenoxy) is 3. The molecular weight excluding hydrogens is 454 g/mol. The zero-order valence-corrected chi connectivity index (χ0v) is 21.7. The van der Waals surface area contributed by atoms with Gasteiger partial charge in [-0.05, 0) is 63.3 Å². The van der Waals surface area contributed by atoms with E-state index in [0.29, 0.717) is 42.0 Å². The van der Waals surface area contributed by atoms with Gasteiger partial charge in [-0.2, -0.15) is 0 Å². The minimum atomic E-state index is -0.551. The monoisotopic (exact) mass is 489 g/mol. The van der Waals surface area contributed by atoms with Crippen molar-refractivity contribution in [3.05, 3.63) is 82.2 Å². The number of ketones is 1. The number of rotatable bonds is 8. The van der Waals surface area contributed by atoms with Crippen molar-refractivity contribution in [2.75, 3.05) is 13.7 Å². The summed E-state index contributed by atoms with van der Waals surface area (Å²) < 4.78 is 17.0. The predicted molar refractivity (Wildman–Crippen MR) is 139 cm³/mol. The summed E-state index contributed by atoms with van der Waals surface area (Å²) in [7, 11) is 1.64. The molecule has 0 saturated carbocycles. The van der Waals surface area contributed by atoms with Gasteiger partial charge in [0.1, 0.15) is 11.5 Å². The molecule has 0 radical (unpaired) electrons. The number of hydrogen-bond acceptors (Lipinski definition) is 6. The van der Waals surface area contributed by atoms with Crippen molar-refractivity contribution in [2.24, 2.45) is 0 Å². The van der Waals surface area contributed by atoms with Crippen molar-refractivity contribution in [3.63, 3.8) is 0 Å². The maximum absolute atomic E-state index is 13.8. The molecule has 4 rings (SSSR count). The molecule has 1 aliphatic heterocycles. The molecule has 2 atom stereocenters. The first kappa shape index (κ1) is 25.5. The highest BCUT2D eigenvalue weighted by Crippen LogP contribution is 2.47. The fourth-order valence-electron chi connectivity index (χ4n) is 5.09. The van der Waals surface area contributed by atoms with Gasteiger partial charge in [-0.1, -0.05) is 37.3 Å². The molecule has 2 aliphatic rings. The molecule has 0 aromatic heterocycles. The average Bonchev–Trinajstić information content (AvgIpc) is 2.86. The molecule has 1 aliphatic carbocycles. The number of benzene rings is 2. The highest BCUT2D eigenvalue weighted by atomic mass is 16.5. The largest absolute Gasteiger partial charge is 0.497 e. The summed E-state index contributed by atoms with van der Waals surface area (Å²) in [6.07, 6.45) is 1.71.